The van der Waals surface area contributed by atoms with E-state index in [4.69, 9.17) is 9.88 Å². The van der Waals surface area contributed by atoms with Gasteiger partial charge >= 0.3 is 5.69 Å². The average Bonchev–Trinajstić information content (AvgIpc) is 2.26. The van der Waals surface area contributed by atoms with E-state index in [0.29, 0.717) is 18.6 Å². The Morgan fingerprint density at radius 3 is 2.55 bits per heavy atom. The molecule has 112 valence electrons. The van der Waals surface area contributed by atoms with Gasteiger partial charge in [0, 0.05) is 12.1 Å². The Balaban J connectivity index is 3.32. The van der Waals surface area contributed by atoms with Gasteiger partial charge in [0.25, 0.3) is 0 Å². The first-order chi connectivity index (χ1) is 9.16. The molecule has 0 saturated carbocycles. The van der Waals surface area contributed by atoms with Crippen molar-refractivity contribution in [1.82, 2.24) is 0 Å². The van der Waals surface area contributed by atoms with Gasteiger partial charge in [0.2, 0.25) is 10.0 Å². The predicted molar refractivity (Wildman–Crippen MR) is 69.4 cm³/mol. The smallest absolute Gasteiger partial charge is 0.312 e. The highest BCUT2D eigenvalue weighted by Crippen LogP contribution is 2.32. The van der Waals surface area contributed by atoms with Crippen molar-refractivity contribution in [3.8, 4) is 5.75 Å². The van der Waals surface area contributed by atoms with Crippen molar-refractivity contribution in [2.45, 2.75) is 37.7 Å². The first kappa shape index (κ1) is 16.3. The van der Waals surface area contributed by atoms with Gasteiger partial charge in [-0.3, -0.25) is 10.1 Å². The van der Waals surface area contributed by atoms with Crippen LogP contribution in [-0.2, 0) is 10.0 Å². The maximum absolute atomic E-state index is 13.7. The summed E-state index contributed by atoms with van der Waals surface area (Å²) in [4.78, 5) is 9.14. The Bertz CT molecular complexity index is 617. The number of primary sulfonamides is 1. The van der Waals surface area contributed by atoms with Crippen molar-refractivity contribution >= 4 is 15.7 Å². The van der Waals surface area contributed by atoms with E-state index in [1.807, 2.05) is 6.92 Å². The zero-order chi connectivity index (χ0) is 15.5. The largest absolute Gasteiger partial charge is 0.484 e. The number of nitro groups is 1. The van der Waals surface area contributed by atoms with Gasteiger partial charge in [0.05, 0.1) is 11.0 Å². The van der Waals surface area contributed by atoms with Crippen LogP contribution < -0.4 is 9.88 Å². The van der Waals surface area contributed by atoms with Crippen LogP contribution in [-0.4, -0.2) is 19.4 Å². The highest BCUT2D eigenvalue weighted by Gasteiger charge is 2.25. The molecule has 9 heteroatoms. The number of nitrogens with zero attached hydrogens (tertiary/aromatic N) is 1. The van der Waals surface area contributed by atoms with E-state index in [1.54, 1.807) is 6.92 Å². The lowest BCUT2D eigenvalue weighted by Gasteiger charge is -2.14. The molecule has 0 saturated heterocycles. The van der Waals surface area contributed by atoms with Crippen LogP contribution in [0.2, 0.25) is 0 Å². The molecule has 1 unspecified atom stereocenters. The van der Waals surface area contributed by atoms with Crippen molar-refractivity contribution in [2.24, 2.45) is 5.14 Å². The van der Waals surface area contributed by atoms with Crippen LogP contribution in [0.25, 0.3) is 0 Å². The molecule has 0 fully saturated rings. The molecule has 0 aliphatic carbocycles. The minimum Gasteiger partial charge on any atom is -0.484 e. The van der Waals surface area contributed by atoms with Crippen molar-refractivity contribution < 1.29 is 22.5 Å². The van der Waals surface area contributed by atoms with E-state index < -0.39 is 31.3 Å². The third kappa shape index (κ3) is 3.87. The van der Waals surface area contributed by atoms with Gasteiger partial charge < -0.3 is 4.74 Å². The van der Waals surface area contributed by atoms with E-state index in [-0.39, 0.29) is 11.9 Å². The van der Waals surface area contributed by atoms with E-state index in [0.717, 1.165) is 6.42 Å². The van der Waals surface area contributed by atoms with Crippen LogP contribution in [0.4, 0.5) is 10.1 Å². The lowest BCUT2D eigenvalue weighted by molar-refractivity contribution is -0.386. The number of benzene rings is 1. The maximum Gasteiger partial charge on any atom is 0.312 e. The summed E-state index contributed by atoms with van der Waals surface area (Å²) in [7, 11) is -4.38. The number of hydrogen-bond donors (Lipinski definition) is 1. The zero-order valence-corrected chi connectivity index (χ0v) is 11.8. The van der Waals surface area contributed by atoms with Gasteiger partial charge in [-0.25, -0.2) is 17.9 Å². The molecule has 2 N–H and O–H groups in total. The molecule has 1 aromatic carbocycles. The monoisotopic (exact) mass is 306 g/mol. The van der Waals surface area contributed by atoms with Crippen molar-refractivity contribution in [3.63, 3.8) is 0 Å². The second-order valence-corrected chi connectivity index (χ2v) is 5.80. The summed E-state index contributed by atoms with van der Waals surface area (Å²) in [6, 6.07) is 1.24. The van der Waals surface area contributed by atoms with Gasteiger partial charge in [-0.2, -0.15) is 0 Å². The van der Waals surface area contributed by atoms with Gasteiger partial charge in [0.1, 0.15) is 10.7 Å². The van der Waals surface area contributed by atoms with E-state index >= 15 is 0 Å². The summed E-state index contributed by atoms with van der Waals surface area (Å²) in [5, 5.41) is 15.7. The van der Waals surface area contributed by atoms with E-state index in [9.17, 15) is 22.9 Å². The Kier molecular flexibility index (Phi) is 5.01. The molecule has 7 nitrogen and oxygen atoms in total. The zero-order valence-electron chi connectivity index (χ0n) is 11.0. The van der Waals surface area contributed by atoms with Gasteiger partial charge in [0.15, 0.2) is 5.75 Å². The van der Waals surface area contributed by atoms with Gasteiger partial charge in [-0.15, -0.1) is 0 Å². The molecule has 1 atom stereocenters. The summed E-state index contributed by atoms with van der Waals surface area (Å²) in [6.07, 6.45) is 1.04. The van der Waals surface area contributed by atoms with Crippen molar-refractivity contribution in [2.75, 3.05) is 0 Å². The van der Waals surface area contributed by atoms with E-state index in [1.165, 1.54) is 0 Å². The minimum atomic E-state index is -4.38. The highest BCUT2D eigenvalue weighted by atomic mass is 32.2. The second-order valence-electron chi connectivity index (χ2n) is 4.27. The molecule has 0 aromatic heterocycles. The van der Waals surface area contributed by atoms with Crippen LogP contribution in [0.3, 0.4) is 0 Å². The van der Waals surface area contributed by atoms with Crippen molar-refractivity contribution in [3.05, 3.63) is 28.1 Å². The fraction of sp³-hybridized carbons (Fsp3) is 0.455. The molecular formula is C11H15FN2O5S. The van der Waals surface area contributed by atoms with Gasteiger partial charge in [-0.05, 0) is 13.3 Å². The summed E-state index contributed by atoms with van der Waals surface area (Å²) in [5.41, 5.74) is -0.640. The molecule has 1 aromatic rings. The minimum absolute atomic E-state index is 0.319. The number of rotatable bonds is 6. The highest BCUT2D eigenvalue weighted by molar-refractivity contribution is 7.89. The summed E-state index contributed by atoms with van der Waals surface area (Å²) >= 11 is 0. The average molecular weight is 306 g/mol. The first-order valence-electron chi connectivity index (χ1n) is 5.84. The summed E-state index contributed by atoms with van der Waals surface area (Å²) in [5.74, 6) is -1.50. The van der Waals surface area contributed by atoms with Crippen LogP contribution in [0, 0.1) is 15.9 Å². The third-order valence-corrected chi connectivity index (χ3v) is 3.47. The summed E-state index contributed by atoms with van der Waals surface area (Å²) in [6.45, 7) is 3.58. The van der Waals surface area contributed by atoms with Crippen molar-refractivity contribution in [1.29, 1.82) is 0 Å². The number of nitro benzene ring substituents is 1. The number of hydrogen-bond acceptors (Lipinski definition) is 5. The molecule has 20 heavy (non-hydrogen) atoms. The first-order valence-corrected chi connectivity index (χ1v) is 7.38. The number of halogens is 1. The number of nitrogens with two attached hydrogens (primary N) is 1. The fourth-order valence-electron chi connectivity index (χ4n) is 1.66. The third-order valence-electron chi connectivity index (χ3n) is 2.54. The molecule has 0 bridgehead atoms. The lowest BCUT2D eigenvalue weighted by atomic mass is 10.2. The molecule has 0 radical (unpaired) electrons. The fourth-order valence-corrected chi connectivity index (χ4v) is 2.27. The Labute approximate surface area is 115 Å². The SMILES string of the molecule is CCCC(C)Oc1cc(F)c(S(N)(=O)=O)cc1[N+](=O)[O-]. The van der Waals surface area contributed by atoms with Crippen LogP contribution in [0.15, 0.2) is 17.0 Å². The molecule has 0 aliphatic heterocycles. The Morgan fingerprint density at radius 2 is 2.10 bits per heavy atom. The quantitative estimate of drug-likeness (QED) is 0.637. The molecule has 0 heterocycles. The molecule has 0 aliphatic rings. The topological polar surface area (TPSA) is 113 Å². The standard InChI is InChI=1S/C11H15FN2O5S/c1-3-4-7(2)19-10-5-8(12)11(20(13,17)18)6-9(10)14(15)16/h5-7H,3-4H2,1-2H3,(H2,13,17,18). The molecule has 0 spiro atoms. The normalized spacial score (nSPS) is 13.0. The van der Waals surface area contributed by atoms with E-state index in [2.05, 4.69) is 0 Å². The number of sulfonamides is 1. The van der Waals surface area contributed by atoms with Crippen LogP contribution in [0.5, 0.6) is 5.75 Å². The molecule has 0 amide bonds. The lowest BCUT2D eigenvalue weighted by Crippen LogP contribution is -2.16. The number of ether oxygens (including phenoxy) is 1. The Morgan fingerprint density at radius 1 is 1.50 bits per heavy atom. The predicted octanol–water partition coefficient (Wildman–Crippen LogP) is 1.95. The summed E-state index contributed by atoms with van der Waals surface area (Å²) < 4.78 is 41.2. The van der Waals surface area contributed by atoms with Crippen LogP contribution >= 0.6 is 0 Å². The second kappa shape index (κ2) is 6.14. The molecular weight excluding hydrogens is 291 g/mol. The van der Waals surface area contributed by atoms with Crippen LogP contribution in [0.1, 0.15) is 26.7 Å². The maximum atomic E-state index is 13.7. The molecule has 1 rings (SSSR count). The van der Waals surface area contributed by atoms with Gasteiger partial charge in [-0.1, -0.05) is 13.3 Å². The Hall–Kier alpha value is -1.74.